The Balaban J connectivity index is 0.00000196. The molecule has 0 radical (unpaired) electrons. The van der Waals surface area contributed by atoms with Crippen LogP contribution in [0.1, 0.15) is 0 Å². The number of alkyl halides is 3. The highest BCUT2D eigenvalue weighted by atomic mass is 79.9. The van der Waals surface area contributed by atoms with E-state index in [1.807, 2.05) is 0 Å². The number of nitrogens with one attached hydrogen (secondary N) is 1. The Morgan fingerprint density at radius 3 is 2.33 bits per heavy atom. The van der Waals surface area contributed by atoms with Crippen LogP contribution in [0.4, 0.5) is 18.9 Å². The molecule has 86 valence electrons. The van der Waals surface area contributed by atoms with Gasteiger partial charge in [-0.25, -0.2) is 0 Å². The van der Waals surface area contributed by atoms with E-state index < -0.39 is 6.36 Å². The smallest absolute Gasteiger partial charge is 0.406 e. The SMILES string of the molecule is Cl.NNc1ccc(OC(F)(F)F)cc1Br. The van der Waals surface area contributed by atoms with Gasteiger partial charge in [0.2, 0.25) is 0 Å². The average molecular weight is 307 g/mol. The first-order valence-electron chi connectivity index (χ1n) is 3.44. The van der Waals surface area contributed by atoms with Gasteiger partial charge in [0.1, 0.15) is 5.75 Å². The Morgan fingerprint density at radius 2 is 1.93 bits per heavy atom. The first-order valence-corrected chi connectivity index (χ1v) is 4.23. The fourth-order valence-corrected chi connectivity index (χ4v) is 1.28. The Bertz CT molecular complexity index is 335. The normalized spacial score (nSPS) is 10.5. The second-order valence-corrected chi connectivity index (χ2v) is 3.19. The Labute approximate surface area is 98.3 Å². The van der Waals surface area contributed by atoms with Gasteiger partial charge in [0, 0.05) is 4.47 Å². The number of nitrogen functional groups attached to an aromatic ring is 1. The van der Waals surface area contributed by atoms with Crippen LogP contribution in [0, 0.1) is 0 Å². The summed E-state index contributed by atoms with van der Waals surface area (Å²) in [5, 5.41) is 0. The van der Waals surface area contributed by atoms with Crippen LogP contribution in [0.15, 0.2) is 22.7 Å². The minimum Gasteiger partial charge on any atom is -0.406 e. The Kier molecular flexibility index (Phi) is 5.19. The maximum absolute atomic E-state index is 11.8. The number of hydrazine groups is 1. The highest BCUT2D eigenvalue weighted by Gasteiger charge is 2.31. The first kappa shape index (κ1) is 14.3. The highest BCUT2D eigenvalue weighted by Crippen LogP contribution is 2.29. The van der Waals surface area contributed by atoms with Gasteiger partial charge in [-0.15, -0.1) is 25.6 Å². The lowest BCUT2D eigenvalue weighted by Crippen LogP contribution is -2.17. The van der Waals surface area contributed by atoms with Gasteiger partial charge in [-0.05, 0) is 34.1 Å². The van der Waals surface area contributed by atoms with Crippen molar-refractivity contribution in [1.29, 1.82) is 0 Å². The minimum atomic E-state index is -4.68. The number of nitrogens with two attached hydrogens (primary N) is 1. The third-order valence-electron chi connectivity index (χ3n) is 1.33. The van der Waals surface area contributed by atoms with Crippen LogP contribution in [0.25, 0.3) is 0 Å². The Hall–Kier alpha value is -0.660. The molecular formula is C7H7BrClF3N2O. The molecular weight excluding hydrogens is 300 g/mol. The molecule has 1 aromatic rings. The summed E-state index contributed by atoms with van der Waals surface area (Å²) in [6.45, 7) is 0. The van der Waals surface area contributed by atoms with E-state index in [1.165, 1.54) is 12.1 Å². The van der Waals surface area contributed by atoms with E-state index in [0.29, 0.717) is 10.2 Å². The van der Waals surface area contributed by atoms with E-state index in [9.17, 15) is 13.2 Å². The zero-order chi connectivity index (χ0) is 10.8. The fraction of sp³-hybridized carbons (Fsp3) is 0.143. The highest BCUT2D eigenvalue weighted by molar-refractivity contribution is 9.10. The Morgan fingerprint density at radius 1 is 1.33 bits per heavy atom. The van der Waals surface area contributed by atoms with Gasteiger partial charge in [-0.1, -0.05) is 0 Å². The molecule has 3 N–H and O–H groups in total. The van der Waals surface area contributed by atoms with Crippen molar-refractivity contribution in [2.24, 2.45) is 5.84 Å². The molecule has 0 saturated heterocycles. The number of benzene rings is 1. The van der Waals surface area contributed by atoms with E-state index in [4.69, 9.17) is 5.84 Å². The molecule has 0 amide bonds. The lowest BCUT2D eigenvalue weighted by atomic mass is 10.3. The third kappa shape index (κ3) is 4.59. The van der Waals surface area contributed by atoms with E-state index in [-0.39, 0.29) is 18.2 Å². The zero-order valence-electron chi connectivity index (χ0n) is 7.14. The van der Waals surface area contributed by atoms with Crippen molar-refractivity contribution in [2.45, 2.75) is 6.36 Å². The molecule has 15 heavy (non-hydrogen) atoms. The molecule has 0 bridgehead atoms. The van der Waals surface area contributed by atoms with Crippen LogP contribution in [-0.2, 0) is 0 Å². The van der Waals surface area contributed by atoms with Crippen molar-refractivity contribution in [3.8, 4) is 5.75 Å². The third-order valence-corrected chi connectivity index (χ3v) is 1.99. The maximum atomic E-state index is 11.8. The van der Waals surface area contributed by atoms with Crippen molar-refractivity contribution in [3.05, 3.63) is 22.7 Å². The summed E-state index contributed by atoms with van der Waals surface area (Å²) in [4.78, 5) is 0. The molecule has 1 aromatic carbocycles. The monoisotopic (exact) mass is 306 g/mol. The van der Waals surface area contributed by atoms with Crippen LogP contribution >= 0.6 is 28.3 Å². The van der Waals surface area contributed by atoms with Gasteiger partial charge < -0.3 is 10.2 Å². The molecule has 8 heteroatoms. The topological polar surface area (TPSA) is 47.3 Å². The predicted molar refractivity (Wildman–Crippen MR) is 55.9 cm³/mol. The summed E-state index contributed by atoms with van der Waals surface area (Å²) < 4.78 is 39.4. The summed E-state index contributed by atoms with van der Waals surface area (Å²) >= 11 is 3.02. The van der Waals surface area contributed by atoms with Crippen LogP contribution in [0.2, 0.25) is 0 Å². The molecule has 0 heterocycles. The summed E-state index contributed by atoms with van der Waals surface area (Å²) in [5.74, 6) is 4.78. The van der Waals surface area contributed by atoms with Crippen LogP contribution < -0.4 is 16.0 Å². The molecule has 0 saturated carbocycles. The van der Waals surface area contributed by atoms with E-state index >= 15 is 0 Å². The van der Waals surface area contributed by atoms with Crippen molar-refractivity contribution < 1.29 is 17.9 Å². The van der Waals surface area contributed by atoms with Crippen molar-refractivity contribution >= 4 is 34.0 Å². The molecule has 0 fully saturated rings. The standard InChI is InChI=1S/C7H6BrF3N2O.ClH/c8-5-3-4(14-7(9,10)11)1-2-6(5)13-12;/h1-3,13H,12H2;1H. The van der Waals surface area contributed by atoms with E-state index in [2.05, 4.69) is 26.1 Å². The molecule has 0 atom stereocenters. The van der Waals surface area contributed by atoms with E-state index in [1.54, 1.807) is 0 Å². The van der Waals surface area contributed by atoms with Gasteiger partial charge in [0.05, 0.1) is 5.69 Å². The number of rotatable bonds is 2. The summed E-state index contributed by atoms with van der Waals surface area (Å²) in [6, 6.07) is 3.70. The van der Waals surface area contributed by atoms with Crippen LogP contribution in [0.5, 0.6) is 5.75 Å². The van der Waals surface area contributed by atoms with Crippen molar-refractivity contribution in [2.75, 3.05) is 5.43 Å². The van der Waals surface area contributed by atoms with Crippen LogP contribution in [-0.4, -0.2) is 6.36 Å². The van der Waals surface area contributed by atoms with Gasteiger partial charge in [-0.3, -0.25) is 5.84 Å². The average Bonchev–Trinajstić information content (AvgIpc) is 2.01. The quantitative estimate of drug-likeness (QED) is 0.652. The summed E-state index contributed by atoms with van der Waals surface area (Å²) in [7, 11) is 0. The lowest BCUT2D eigenvalue weighted by Gasteiger charge is -2.10. The number of hydrogen-bond acceptors (Lipinski definition) is 3. The van der Waals surface area contributed by atoms with Crippen molar-refractivity contribution in [1.82, 2.24) is 0 Å². The zero-order valence-corrected chi connectivity index (χ0v) is 9.54. The van der Waals surface area contributed by atoms with Gasteiger partial charge in [0.25, 0.3) is 0 Å². The molecule has 0 aliphatic carbocycles. The second-order valence-electron chi connectivity index (χ2n) is 2.33. The second kappa shape index (κ2) is 5.43. The minimum absolute atomic E-state index is 0. The maximum Gasteiger partial charge on any atom is 0.573 e. The fourth-order valence-electron chi connectivity index (χ4n) is 0.810. The van der Waals surface area contributed by atoms with Crippen molar-refractivity contribution in [3.63, 3.8) is 0 Å². The molecule has 1 rings (SSSR count). The van der Waals surface area contributed by atoms with E-state index in [0.717, 1.165) is 6.07 Å². The predicted octanol–water partition coefficient (Wildman–Crippen LogP) is 3.06. The number of ether oxygens (including phenoxy) is 1. The lowest BCUT2D eigenvalue weighted by molar-refractivity contribution is -0.274. The summed E-state index contributed by atoms with van der Waals surface area (Å²) in [5.41, 5.74) is 2.77. The molecule has 0 aliphatic rings. The molecule has 0 aromatic heterocycles. The van der Waals surface area contributed by atoms with Gasteiger partial charge in [0.15, 0.2) is 0 Å². The summed E-state index contributed by atoms with van der Waals surface area (Å²) in [6.07, 6.45) is -4.68. The number of halogens is 5. The molecule has 3 nitrogen and oxygen atoms in total. The number of anilines is 1. The largest absolute Gasteiger partial charge is 0.573 e. The molecule has 0 unspecified atom stereocenters. The molecule has 0 aliphatic heterocycles. The first-order chi connectivity index (χ1) is 6.42. The molecule has 0 spiro atoms. The van der Waals surface area contributed by atoms with Gasteiger partial charge >= 0.3 is 6.36 Å². The number of hydrogen-bond donors (Lipinski definition) is 2. The van der Waals surface area contributed by atoms with Crippen LogP contribution in [0.3, 0.4) is 0 Å². The van der Waals surface area contributed by atoms with Gasteiger partial charge in [-0.2, -0.15) is 0 Å².